The van der Waals surface area contributed by atoms with Gasteiger partial charge in [0.2, 0.25) is 0 Å². The maximum Gasteiger partial charge on any atom is 0.419 e. The Bertz CT molecular complexity index is 674. The number of rotatable bonds is 4. The molecule has 1 fully saturated rings. The third-order valence-corrected chi connectivity index (χ3v) is 5.88. The fraction of sp³-hybridized carbons (Fsp3) is 0.529. The minimum absolute atomic E-state index is 0.109. The minimum Gasteiger partial charge on any atom is -0.360 e. The van der Waals surface area contributed by atoms with Crippen LogP contribution in [-0.4, -0.2) is 36.6 Å². The number of benzene rings is 1. The smallest absolute Gasteiger partial charge is 0.360 e. The summed E-state index contributed by atoms with van der Waals surface area (Å²) in [4.78, 5) is 3.31. The van der Waals surface area contributed by atoms with Crippen LogP contribution in [0.4, 0.5) is 17.6 Å². The first-order valence-corrected chi connectivity index (χ1v) is 9.12. The number of hydrogen-bond donors (Lipinski definition) is 2. The lowest BCUT2D eigenvalue weighted by Gasteiger charge is -2.21. The number of hydrogen-bond acceptors (Lipinski definition) is 4. The highest BCUT2D eigenvalue weighted by atomic mass is 32.2. The van der Waals surface area contributed by atoms with Crippen LogP contribution in [0, 0.1) is 5.82 Å². The van der Waals surface area contributed by atoms with Crippen molar-refractivity contribution >= 4 is 17.5 Å². The molecule has 2 heterocycles. The minimum atomic E-state index is -4.71. The SMILES string of the molecule is CNC1NC(c2ccc(F)c(C(F)(F)F)c2)=C(CN2CCCC2C)S1. The highest BCUT2D eigenvalue weighted by Crippen LogP contribution is 2.38. The number of thioether (sulfide) groups is 1. The van der Waals surface area contributed by atoms with Gasteiger partial charge < -0.3 is 5.32 Å². The largest absolute Gasteiger partial charge is 0.419 e. The van der Waals surface area contributed by atoms with Crippen LogP contribution in [0.5, 0.6) is 0 Å². The van der Waals surface area contributed by atoms with E-state index >= 15 is 0 Å². The van der Waals surface area contributed by atoms with Crippen LogP contribution in [0.15, 0.2) is 23.1 Å². The summed E-state index contributed by atoms with van der Waals surface area (Å²) in [6.45, 7) is 3.83. The average molecular weight is 375 g/mol. The van der Waals surface area contributed by atoms with Gasteiger partial charge in [0.25, 0.3) is 0 Å². The lowest BCUT2D eigenvalue weighted by molar-refractivity contribution is -0.140. The number of alkyl halides is 3. The molecule has 0 bridgehead atoms. The summed E-state index contributed by atoms with van der Waals surface area (Å²) in [5.74, 6) is -1.25. The van der Waals surface area contributed by atoms with Crippen molar-refractivity contribution in [2.75, 3.05) is 20.1 Å². The summed E-state index contributed by atoms with van der Waals surface area (Å²) in [5.41, 5.74) is -0.330. The van der Waals surface area contributed by atoms with E-state index in [-0.39, 0.29) is 5.50 Å². The van der Waals surface area contributed by atoms with Crippen LogP contribution in [-0.2, 0) is 6.18 Å². The molecule has 2 aliphatic heterocycles. The van der Waals surface area contributed by atoms with E-state index in [2.05, 4.69) is 22.5 Å². The first kappa shape index (κ1) is 18.5. The van der Waals surface area contributed by atoms with E-state index in [0.29, 0.717) is 23.8 Å². The van der Waals surface area contributed by atoms with Crippen molar-refractivity contribution in [2.24, 2.45) is 0 Å². The molecule has 0 amide bonds. The lowest BCUT2D eigenvalue weighted by atomic mass is 10.1. The van der Waals surface area contributed by atoms with Gasteiger partial charge in [-0.2, -0.15) is 13.2 Å². The summed E-state index contributed by atoms with van der Waals surface area (Å²) < 4.78 is 52.7. The second-order valence-corrected chi connectivity index (χ2v) is 7.58. The van der Waals surface area contributed by atoms with Gasteiger partial charge in [-0.1, -0.05) is 11.8 Å². The van der Waals surface area contributed by atoms with Crippen molar-refractivity contribution in [3.05, 3.63) is 40.0 Å². The quantitative estimate of drug-likeness (QED) is 0.782. The summed E-state index contributed by atoms with van der Waals surface area (Å²) >= 11 is 1.56. The summed E-state index contributed by atoms with van der Waals surface area (Å²) in [6, 6.07) is 3.64. The summed E-state index contributed by atoms with van der Waals surface area (Å²) in [5, 5.41) is 6.29. The van der Waals surface area contributed by atoms with Gasteiger partial charge in [0, 0.05) is 17.5 Å². The first-order valence-electron chi connectivity index (χ1n) is 8.24. The Kier molecular flexibility index (Phi) is 5.31. The molecule has 1 aromatic rings. The topological polar surface area (TPSA) is 27.3 Å². The maximum atomic E-state index is 13.6. The van der Waals surface area contributed by atoms with E-state index < -0.39 is 17.6 Å². The average Bonchev–Trinajstić information content (AvgIpc) is 3.14. The zero-order valence-corrected chi connectivity index (χ0v) is 14.9. The molecule has 2 unspecified atom stereocenters. The van der Waals surface area contributed by atoms with Gasteiger partial charge in [0.1, 0.15) is 11.3 Å². The Morgan fingerprint density at radius 1 is 1.36 bits per heavy atom. The van der Waals surface area contributed by atoms with E-state index in [9.17, 15) is 17.6 Å². The second kappa shape index (κ2) is 7.17. The number of nitrogens with zero attached hydrogens (tertiary/aromatic N) is 1. The summed E-state index contributed by atoms with van der Waals surface area (Å²) in [6.07, 6.45) is -2.45. The van der Waals surface area contributed by atoms with Crippen molar-refractivity contribution in [3.63, 3.8) is 0 Å². The van der Waals surface area contributed by atoms with Gasteiger partial charge in [-0.15, -0.1) is 0 Å². The highest BCUT2D eigenvalue weighted by molar-refractivity contribution is 8.04. The fourth-order valence-electron chi connectivity index (χ4n) is 3.24. The summed E-state index contributed by atoms with van der Waals surface area (Å²) in [7, 11) is 1.79. The number of nitrogens with one attached hydrogen (secondary N) is 2. The maximum absolute atomic E-state index is 13.6. The van der Waals surface area contributed by atoms with Crippen LogP contribution in [0.1, 0.15) is 30.9 Å². The second-order valence-electron chi connectivity index (χ2n) is 6.38. The number of likely N-dealkylation sites (tertiary alicyclic amines) is 1. The van der Waals surface area contributed by atoms with Crippen LogP contribution >= 0.6 is 11.8 Å². The Balaban J connectivity index is 1.94. The third kappa shape index (κ3) is 3.96. The normalized spacial score (nSPS) is 24.9. The molecular formula is C17H21F4N3S. The molecule has 1 saturated heterocycles. The molecule has 3 rings (SSSR count). The molecule has 3 nitrogen and oxygen atoms in total. The molecular weight excluding hydrogens is 354 g/mol. The van der Waals surface area contributed by atoms with Gasteiger partial charge in [-0.25, -0.2) is 4.39 Å². The van der Waals surface area contributed by atoms with Crippen LogP contribution in [0.2, 0.25) is 0 Å². The molecule has 0 saturated carbocycles. The molecule has 1 aromatic carbocycles. The predicted octanol–water partition coefficient (Wildman–Crippen LogP) is 3.84. The molecule has 0 spiro atoms. The molecule has 0 radical (unpaired) electrons. The van der Waals surface area contributed by atoms with Gasteiger partial charge in [-0.3, -0.25) is 10.2 Å². The molecule has 2 atom stereocenters. The van der Waals surface area contributed by atoms with Crippen LogP contribution < -0.4 is 10.6 Å². The standard InChI is InChI=1S/C17H21F4N3S/c1-10-4-3-7-24(10)9-14-15(23-16(22-2)25-14)11-5-6-13(18)12(8-11)17(19,20)21/h5-6,8,10,16,22-23H,3-4,7,9H2,1-2H3. The molecule has 25 heavy (non-hydrogen) atoms. The molecule has 138 valence electrons. The Morgan fingerprint density at radius 3 is 2.72 bits per heavy atom. The monoisotopic (exact) mass is 375 g/mol. The van der Waals surface area contributed by atoms with E-state index in [1.165, 1.54) is 6.07 Å². The van der Waals surface area contributed by atoms with E-state index in [4.69, 9.17) is 0 Å². The van der Waals surface area contributed by atoms with E-state index in [1.54, 1.807) is 18.8 Å². The third-order valence-electron chi connectivity index (χ3n) is 4.67. The lowest BCUT2D eigenvalue weighted by Crippen LogP contribution is -2.32. The zero-order chi connectivity index (χ0) is 18.2. The van der Waals surface area contributed by atoms with Crippen LogP contribution in [0.25, 0.3) is 5.70 Å². The molecule has 8 heteroatoms. The van der Waals surface area contributed by atoms with Crippen molar-refractivity contribution < 1.29 is 17.6 Å². The molecule has 0 aliphatic carbocycles. The van der Waals surface area contributed by atoms with Crippen molar-refractivity contribution in [1.29, 1.82) is 0 Å². The Morgan fingerprint density at radius 2 is 2.12 bits per heavy atom. The van der Waals surface area contributed by atoms with Crippen LogP contribution in [0.3, 0.4) is 0 Å². The fourth-order valence-corrected chi connectivity index (χ4v) is 4.36. The Labute approximate surface area is 148 Å². The van der Waals surface area contributed by atoms with Crippen molar-refractivity contribution in [1.82, 2.24) is 15.5 Å². The predicted molar refractivity (Wildman–Crippen MR) is 92.2 cm³/mol. The Hall–Kier alpha value is -1.25. The molecule has 2 N–H and O–H groups in total. The van der Waals surface area contributed by atoms with Gasteiger partial charge in [0.05, 0.1) is 11.3 Å². The van der Waals surface area contributed by atoms with Gasteiger partial charge in [-0.05, 0) is 57.1 Å². The highest BCUT2D eigenvalue weighted by Gasteiger charge is 2.35. The first-order chi connectivity index (χ1) is 11.8. The van der Waals surface area contributed by atoms with E-state index in [1.807, 2.05) is 0 Å². The molecule has 2 aliphatic rings. The molecule has 0 aromatic heterocycles. The van der Waals surface area contributed by atoms with Gasteiger partial charge in [0.15, 0.2) is 0 Å². The van der Waals surface area contributed by atoms with Crippen molar-refractivity contribution in [2.45, 2.75) is 37.5 Å². The van der Waals surface area contributed by atoms with Crippen molar-refractivity contribution in [3.8, 4) is 0 Å². The van der Waals surface area contributed by atoms with Gasteiger partial charge >= 0.3 is 6.18 Å². The number of halogens is 4. The van der Waals surface area contributed by atoms with E-state index in [0.717, 1.165) is 36.4 Å². The zero-order valence-electron chi connectivity index (χ0n) is 14.1.